The molecule has 192 valence electrons. The number of rotatable bonds is 7. The maximum Gasteiger partial charge on any atom is 0.416 e. The summed E-state index contributed by atoms with van der Waals surface area (Å²) >= 11 is 0. The number of nitriles is 1. The van der Waals surface area contributed by atoms with Gasteiger partial charge >= 0.3 is 6.18 Å². The lowest BCUT2D eigenvalue weighted by Crippen LogP contribution is -2.57. The molecule has 13 heteroatoms. The number of benzene rings is 1. The molecule has 2 amide bonds. The van der Waals surface area contributed by atoms with Crippen molar-refractivity contribution in [1.29, 1.82) is 5.26 Å². The van der Waals surface area contributed by atoms with Crippen LogP contribution in [0.5, 0.6) is 0 Å². The van der Waals surface area contributed by atoms with Crippen LogP contribution in [0.1, 0.15) is 30.9 Å². The van der Waals surface area contributed by atoms with E-state index >= 15 is 0 Å². The number of alkyl halides is 3. The smallest absolute Gasteiger partial charge is 0.350 e. The molecular formula is C22H28F3N5O4S. The quantitative estimate of drug-likeness (QED) is 0.592. The summed E-state index contributed by atoms with van der Waals surface area (Å²) in [4.78, 5) is 26.9. The zero-order chi connectivity index (χ0) is 26.0. The van der Waals surface area contributed by atoms with Crippen LogP contribution < -0.4 is 5.32 Å². The van der Waals surface area contributed by atoms with Crippen molar-refractivity contribution in [3.05, 3.63) is 35.4 Å². The fourth-order valence-corrected chi connectivity index (χ4v) is 5.82. The van der Waals surface area contributed by atoms with Gasteiger partial charge in [-0.25, -0.2) is 0 Å². The van der Waals surface area contributed by atoms with E-state index < -0.39 is 39.8 Å². The summed E-state index contributed by atoms with van der Waals surface area (Å²) in [6.45, 7) is 2.09. The van der Waals surface area contributed by atoms with Gasteiger partial charge in [-0.1, -0.05) is 12.1 Å². The zero-order valence-corrected chi connectivity index (χ0v) is 20.3. The maximum absolute atomic E-state index is 13.0. The number of hydrogen-bond donors (Lipinski definition) is 1. The molecule has 1 N–H and O–H groups in total. The largest absolute Gasteiger partial charge is 0.416 e. The minimum atomic E-state index is -4.44. The van der Waals surface area contributed by atoms with Crippen molar-refractivity contribution in [2.45, 2.75) is 38.5 Å². The third-order valence-corrected chi connectivity index (χ3v) is 8.41. The highest BCUT2D eigenvalue weighted by Crippen LogP contribution is 2.29. The molecule has 0 unspecified atom stereocenters. The lowest BCUT2D eigenvalue weighted by Gasteiger charge is -2.41. The molecule has 2 aliphatic rings. The maximum atomic E-state index is 13.0. The monoisotopic (exact) mass is 515 g/mol. The Hall–Kier alpha value is -2.69. The van der Waals surface area contributed by atoms with E-state index in [-0.39, 0.29) is 44.5 Å². The van der Waals surface area contributed by atoms with Crippen LogP contribution in [0.15, 0.2) is 24.3 Å². The van der Waals surface area contributed by atoms with Gasteiger partial charge in [-0.15, -0.1) is 0 Å². The Kier molecular flexibility index (Phi) is 8.08. The molecule has 0 aromatic heterocycles. The molecule has 0 aliphatic carbocycles. The van der Waals surface area contributed by atoms with Crippen molar-refractivity contribution in [3.8, 4) is 6.07 Å². The second kappa shape index (κ2) is 10.5. The van der Waals surface area contributed by atoms with Gasteiger partial charge < -0.3 is 10.2 Å². The molecule has 0 bridgehead atoms. The third kappa shape index (κ3) is 6.12. The van der Waals surface area contributed by atoms with Crippen molar-refractivity contribution < 1.29 is 31.2 Å². The van der Waals surface area contributed by atoms with Gasteiger partial charge in [-0.3, -0.25) is 9.59 Å². The Bertz CT molecular complexity index is 1080. The summed E-state index contributed by atoms with van der Waals surface area (Å²) in [5, 5.41) is 11.5. The van der Waals surface area contributed by atoms with E-state index in [1.807, 2.05) is 6.07 Å². The number of carbonyl (C=O) groups is 2. The first-order chi connectivity index (χ1) is 16.3. The van der Waals surface area contributed by atoms with E-state index in [1.165, 1.54) is 39.6 Å². The lowest BCUT2D eigenvalue weighted by molar-refractivity contribution is -0.142. The van der Waals surface area contributed by atoms with E-state index in [1.54, 1.807) is 0 Å². The summed E-state index contributed by atoms with van der Waals surface area (Å²) in [6.07, 6.45) is -3.47. The number of amides is 2. The Morgan fingerprint density at radius 2 is 1.83 bits per heavy atom. The van der Waals surface area contributed by atoms with Crippen LogP contribution in [0.2, 0.25) is 0 Å². The van der Waals surface area contributed by atoms with Gasteiger partial charge in [0.1, 0.15) is 6.04 Å². The van der Waals surface area contributed by atoms with Crippen molar-refractivity contribution in [2.75, 3.05) is 33.2 Å². The predicted molar refractivity (Wildman–Crippen MR) is 119 cm³/mol. The zero-order valence-electron chi connectivity index (χ0n) is 19.5. The topological polar surface area (TPSA) is 114 Å². The Morgan fingerprint density at radius 3 is 2.40 bits per heavy atom. The number of likely N-dealkylation sites (N-methyl/N-ethyl adjacent to an activating group) is 1. The summed E-state index contributed by atoms with van der Waals surface area (Å²) < 4.78 is 66.1. The van der Waals surface area contributed by atoms with Crippen LogP contribution >= 0.6 is 0 Å². The highest BCUT2D eigenvalue weighted by atomic mass is 32.2. The molecule has 1 aromatic rings. The summed E-state index contributed by atoms with van der Waals surface area (Å²) in [7, 11) is -2.29. The van der Waals surface area contributed by atoms with Gasteiger partial charge in [-0.2, -0.15) is 35.5 Å². The second-order valence-corrected chi connectivity index (χ2v) is 10.8. The number of halogens is 3. The van der Waals surface area contributed by atoms with E-state index in [9.17, 15) is 31.2 Å². The van der Waals surface area contributed by atoms with Crippen LogP contribution in [-0.2, 0) is 32.5 Å². The fraction of sp³-hybridized carbons (Fsp3) is 0.591. The first kappa shape index (κ1) is 26.9. The number of nitrogens with zero attached hydrogens (tertiary/aromatic N) is 4. The van der Waals surface area contributed by atoms with Gasteiger partial charge in [0.25, 0.3) is 10.2 Å². The minimum Gasteiger partial charge on any atom is -0.350 e. The van der Waals surface area contributed by atoms with E-state index in [0.29, 0.717) is 18.4 Å². The predicted octanol–water partition coefficient (Wildman–Crippen LogP) is 1.58. The van der Waals surface area contributed by atoms with Crippen molar-refractivity contribution in [2.24, 2.45) is 11.8 Å². The standard InChI is InChI=1S/C22H28F3N5O4S/c1-15(20(31)27-11-16-5-7-19(8-6-16)22(23,24)25)28(2)21(32)18-4-3-9-29(14-18)35(33,34)30-12-17(10-26)13-30/h5-8,15,17-18H,3-4,9,11-14H2,1-2H3,(H,27,31)/t15-,18+/m1/s1. The number of piperidine rings is 1. The number of hydrogen-bond acceptors (Lipinski definition) is 5. The highest BCUT2D eigenvalue weighted by Gasteiger charge is 2.42. The van der Waals surface area contributed by atoms with Gasteiger partial charge in [0.2, 0.25) is 11.8 Å². The molecule has 1 aromatic carbocycles. The molecule has 2 aliphatic heterocycles. The molecule has 0 radical (unpaired) electrons. The molecule has 2 atom stereocenters. The summed E-state index contributed by atoms with van der Waals surface area (Å²) in [6, 6.07) is 5.59. The van der Waals surface area contributed by atoms with Crippen LogP contribution in [0.4, 0.5) is 13.2 Å². The van der Waals surface area contributed by atoms with E-state index in [0.717, 1.165) is 12.1 Å². The van der Waals surface area contributed by atoms with Crippen LogP contribution in [0.3, 0.4) is 0 Å². The minimum absolute atomic E-state index is 0.000873. The molecule has 9 nitrogen and oxygen atoms in total. The fourth-order valence-electron chi connectivity index (χ4n) is 4.03. The lowest BCUT2D eigenvalue weighted by atomic mass is 9.97. The normalized spacial score (nSPS) is 21.0. The molecule has 0 saturated carbocycles. The van der Waals surface area contributed by atoms with E-state index in [4.69, 9.17) is 5.26 Å². The van der Waals surface area contributed by atoms with Gasteiger partial charge in [0.15, 0.2) is 0 Å². The number of nitrogens with one attached hydrogen (secondary N) is 1. The first-order valence-corrected chi connectivity index (χ1v) is 12.6. The molecule has 35 heavy (non-hydrogen) atoms. The first-order valence-electron chi connectivity index (χ1n) is 11.2. The van der Waals surface area contributed by atoms with Crippen molar-refractivity contribution >= 4 is 22.0 Å². The van der Waals surface area contributed by atoms with Gasteiger partial charge in [0.05, 0.1) is 23.5 Å². The SMILES string of the molecule is C[C@H](C(=O)NCc1ccc(C(F)(F)F)cc1)N(C)C(=O)[C@H]1CCCN(S(=O)(=O)N2CC(C#N)C2)C1. The Labute approximate surface area is 202 Å². The molecule has 3 rings (SSSR count). The van der Waals surface area contributed by atoms with E-state index in [2.05, 4.69) is 5.32 Å². The summed E-state index contributed by atoms with van der Waals surface area (Å²) in [5.74, 6) is -1.77. The second-order valence-electron chi connectivity index (χ2n) is 8.89. The van der Waals surface area contributed by atoms with Crippen LogP contribution in [0.25, 0.3) is 0 Å². The molecule has 2 saturated heterocycles. The van der Waals surface area contributed by atoms with Crippen LogP contribution in [0, 0.1) is 23.2 Å². The van der Waals surface area contributed by atoms with Crippen molar-refractivity contribution in [3.63, 3.8) is 0 Å². The van der Waals surface area contributed by atoms with Crippen LogP contribution in [-0.4, -0.2) is 73.0 Å². The Morgan fingerprint density at radius 1 is 1.20 bits per heavy atom. The third-order valence-electron chi connectivity index (χ3n) is 6.47. The molecular weight excluding hydrogens is 487 g/mol. The molecule has 2 fully saturated rings. The average Bonchev–Trinajstić information content (AvgIpc) is 2.80. The Balaban J connectivity index is 1.54. The highest BCUT2D eigenvalue weighted by molar-refractivity contribution is 7.86. The summed E-state index contributed by atoms with van der Waals surface area (Å²) in [5.41, 5.74) is -0.306. The number of carbonyl (C=O) groups excluding carboxylic acids is 2. The molecule has 0 spiro atoms. The molecule has 2 heterocycles. The van der Waals surface area contributed by atoms with Gasteiger partial charge in [-0.05, 0) is 37.5 Å². The van der Waals surface area contributed by atoms with Gasteiger partial charge in [0, 0.05) is 39.8 Å². The van der Waals surface area contributed by atoms with Crippen molar-refractivity contribution in [1.82, 2.24) is 18.8 Å². The average molecular weight is 516 g/mol.